The maximum absolute atomic E-state index is 5.37. The highest BCUT2D eigenvalue weighted by molar-refractivity contribution is 6.04. The third kappa shape index (κ3) is 5.11. The van der Waals surface area contributed by atoms with Crippen LogP contribution in [0.1, 0.15) is 22.3 Å². The molecule has 0 amide bonds. The van der Waals surface area contributed by atoms with E-state index in [0.29, 0.717) is 17.5 Å². The second-order valence-electron chi connectivity index (χ2n) is 15.5. The Labute approximate surface area is 343 Å². The van der Waals surface area contributed by atoms with Crippen molar-refractivity contribution in [3.8, 4) is 78.7 Å². The molecular formula is C56H35N3. The van der Waals surface area contributed by atoms with Gasteiger partial charge < -0.3 is 0 Å². The van der Waals surface area contributed by atoms with Gasteiger partial charge in [0.05, 0.1) is 5.41 Å². The van der Waals surface area contributed by atoms with E-state index in [-0.39, 0.29) is 0 Å². The van der Waals surface area contributed by atoms with E-state index in [9.17, 15) is 0 Å². The van der Waals surface area contributed by atoms with E-state index in [4.69, 9.17) is 15.0 Å². The van der Waals surface area contributed by atoms with Crippen LogP contribution >= 0.6 is 0 Å². The topological polar surface area (TPSA) is 38.7 Å². The van der Waals surface area contributed by atoms with Crippen molar-refractivity contribution in [2.75, 3.05) is 0 Å². The molecule has 3 nitrogen and oxygen atoms in total. The van der Waals surface area contributed by atoms with Crippen molar-refractivity contribution in [2.24, 2.45) is 0 Å². The molecule has 12 rings (SSSR count). The van der Waals surface area contributed by atoms with Gasteiger partial charge in [0.2, 0.25) is 0 Å². The molecule has 0 bridgehead atoms. The second kappa shape index (κ2) is 13.2. The summed E-state index contributed by atoms with van der Waals surface area (Å²) in [6, 6.07) is 76.3. The standard InChI is InChI=1S/C56H35N3/c1-4-16-36(17-5-1)41-32-42(37-18-6-2-7-19-37)34-43(33-41)55-58-53(39-21-8-3-9-22-39)57-54(59-55)40-29-30-47-45-24-12-14-26-49(45)56(51(47)35-40)50-27-15-13-25-46(50)48-31-28-38-20-10-11-23-44(38)52(48)56/h1-35H. The summed E-state index contributed by atoms with van der Waals surface area (Å²) >= 11 is 0. The lowest BCUT2D eigenvalue weighted by atomic mass is 9.69. The highest BCUT2D eigenvalue weighted by Gasteiger charge is 2.52. The van der Waals surface area contributed by atoms with E-state index < -0.39 is 5.41 Å². The minimum absolute atomic E-state index is 0.526. The van der Waals surface area contributed by atoms with Gasteiger partial charge in [0.15, 0.2) is 17.5 Å². The predicted molar refractivity (Wildman–Crippen MR) is 241 cm³/mol. The van der Waals surface area contributed by atoms with E-state index in [2.05, 4.69) is 194 Å². The Bertz CT molecular complexity index is 3190. The number of hydrogen-bond acceptors (Lipinski definition) is 3. The molecule has 2 aliphatic rings. The zero-order valence-corrected chi connectivity index (χ0v) is 32.0. The smallest absolute Gasteiger partial charge is 0.164 e. The molecule has 1 atom stereocenters. The molecule has 9 aromatic carbocycles. The van der Waals surface area contributed by atoms with Crippen LogP contribution in [0.2, 0.25) is 0 Å². The molecule has 1 unspecified atom stereocenters. The van der Waals surface area contributed by atoms with Crippen LogP contribution in [0.5, 0.6) is 0 Å². The molecule has 0 saturated carbocycles. The molecule has 274 valence electrons. The first-order valence-electron chi connectivity index (χ1n) is 20.2. The lowest BCUT2D eigenvalue weighted by molar-refractivity contribution is 0.801. The molecule has 0 saturated heterocycles. The molecule has 1 aromatic heterocycles. The molecule has 3 heteroatoms. The van der Waals surface area contributed by atoms with Crippen molar-refractivity contribution in [2.45, 2.75) is 5.41 Å². The molecule has 1 spiro atoms. The molecule has 59 heavy (non-hydrogen) atoms. The Kier molecular flexibility index (Phi) is 7.45. The van der Waals surface area contributed by atoms with Crippen LogP contribution < -0.4 is 0 Å². The Morgan fingerprint density at radius 3 is 1.37 bits per heavy atom. The maximum atomic E-state index is 5.37. The van der Waals surface area contributed by atoms with E-state index >= 15 is 0 Å². The summed E-state index contributed by atoms with van der Waals surface area (Å²) in [6.45, 7) is 0. The molecule has 10 aromatic rings. The van der Waals surface area contributed by atoms with Gasteiger partial charge in [-0.3, -0.25) is 0 Å². The lowest BCUT2D eigenvalue weighted by Gasteiger charge is -2.31. The van der Waals surface area contributed by atoms with Crippen molar-refractivity contribution in [1.29, 1.82) is 0 Å². The van der Waals surface area contributed by atoms with Crippen molar-refractivity contribution in [3.05, 3.63) is 235 Å². The normalized spacial score (nSPS) is 14.5. The van der Waals surface area contributed by atoms with Crippen LogP contribution in [0.3, 0.4) is 0 Å². The fourth-order valence-electron chi connectivity index (χ4n) is 9.76. The van der Waals surface area contributed by atoms with Gasteiger partial charge in [0, 0.05) is 16.7 Å². The van der Waals surface area contributed by atoms with Crippen LogP contribution in [0.25, 0.3) is 89.4 Å². The molecular weight excluding hydrogens is 715 g/mol. The van der Waals surface area contributed by atoms with Crippen LogP contribution in [0, 0.1) is 0 Å². The first-order valence-corrected chi connectivity index (χ1v) is 20.2. The van der Waals surface area contributed by atoms with E-state index in [1.807, 2.05) is 18.2 Å². The average molecular weight is 750 g/mol. The fraction of sp³-hybridized carbons (Fsp3) is 0.0179. The largest absolute Gasteiger partial charge is 0.208 e. The minimum Gasteiger partial charge on any atom is -0.208 e. The van der Waals surface area contributed by atoms with Crippen LogP contribution in [0.4, 0.5) is 0 Å². The Balaban J connectivity index is 1.12. The van der Waals surface area contributed by atoms with Gasteiger partial charge >= 0.3 is 0 Å². The van der Waals surface area contributed by atoms with Gasteiger partial charge in [0.1, 0.15) is 0 Å². The van der Waals surface area contributed by atoms with Crippen molar-refractivity contribution >= 4 is 10.8 Å². The number of benzene rings is 9. The minimum atomic E-state index is -0.526. The maximum Gasteiger partial charge on any atom is 0.164 e. The van der Waals surface area contributed by atoms with Crippen LogP contribution in [0.15, 0.2) is 212 Å². The fourth-order valence-corrected chi connectivity index (χ4v) is 9.76. The molecule has 2 aliphatic carbocycles. The first-order chi connectivity index (χ1) is 29.2. The summed E-state index contributed by atoms with van der Waals surface area (Å²) in [4.78, 5) is 15.9. The highest BCUT2D eigenvalue weighted by atomic mass is 15.0. The molecule has 0 radical (unpaired) electrons. The Hall–Kier alpha value is -7.75. The van der Waals surface area contributed by atoms with Gasteiger partial charge in [0.25, 0.3) is 0 Å². The van der Waals surface area contributed by atoms with Crippen molar-refractivity contribution in [1.82, 2.24) is 15.0 Å². The van der Waals surface area contributed by atoms with Gasteiger partial charge in [-0.15, -0.1) is 0 Å². The third-order valence-electron chi connectivity index (χ3n) is 12.3. The summed E-state index contributed by atoms with van der Waals surface area (Å²) in [5.74, 6) is 1.90. The van der Waals surface area contributed by atoms with Crippen molar-refractivity contribution < 1.29 is 0 Å². The quantitative estimate of drug-likeness (QED) is 0.176. The third-order valence-corrected chi connectivity index (χ3v) is 12.3. The van der Waals surface area contributed by atoms with Crippen LogP contribution in [-0.4, -0.2) is 15.0 Å². The first kappa shape index (κ1) is 33.4. The summed E-state index contributed by atoms with van der Waals surface area (Å²) in [5.41, 5.74) is 17.0. The average Bonchev–Trinajstić information content (AvgIpc) is 3.79. The van der Waals surface area contributed by atoms with Gasteiger partial charge in [-0.1, -0.05) is 188 Å². The molecule has 0 aliphatic heterocycles. The Morgan fingerprint density at radius 1 is 0.271 bits per heavy atom. The van der Waals surface area contributed by atoms with E-state index in [1.54, 1.807) is 0 Å². The zero-order chi connectivity index (χ0) is 38.9. The molecule has 0 fully saturated rings. The second-order valence-corrected chi connectivity index (χ2v) is 15.5. The van der Waals surface area contributed by atoms with Gasteiger partial charge in [-0.2, -0.15) is 0 Å². The van der Waals surface area contributed by atoms with E-state index in [0.717, 1.165) is 38.9 Å². The summed E-state index contributed by atoms with van der Waals surface area (Å²) in [6.07, 6.45) is 0. The SMILES string of the molecule is c1ccc(-c2cc(-c3ccccc3)cc(-c3nc(-c4ccccc4)nc(-c4ccc5c(c4)C4(c6ccccc6-5)c5ccccc5-c5ccc6ccccc6c54)n3)c2)cc1. The lowest BCUT2D eigenvalue weighted by Crippen LogP contribution is -2.26. The number of rotatable bonds is 5. The monoisotopic (exact) mass is 749 g/mol. The predicted octanol–water partition coefficient (Wildman–Crippen LogP) is 13.7. The number of nitrogens with zero attached hydrogens (tertiary/aromatic N) is 3. The number of hydrogen-bond donors (Lipinski definition) is 0. The molecule has 0 N–H and O–H groups in total. The van der Waals surface area contributed by atoms with Gasteiger partial charge in [-0.05, 0) is 102 Å². The van der Waals surface area contributed by atoms with Crippen LogP contribution in [-0.2, 0) is 5.41 Å². The van der Waals surface area contributed by atoms with Gasteiger partial charge in [-0.25, -0.2) is 15.0 Å². The summed E-state index contributed by atoms with van der Waals surface area (Å²) < 4.78 is 0. The zero-order valence-electron chi connectivity index (χ0n) is 32.0. The highest BCUT2D eigenvalue weighted by Crippen LogP contribution is 2.64. The number of aromatic nitrogens is 3. The Morgan fingerprint density at radius 2 is 0.729 bits per heavy atom. The van der Waals surface area contributed by atoms with Crippen molar-refractivity contribution in [3.63, 3.8) is 0 Å². The number of fused-ring (bicyclic) bond motifs is 12. The molecule has 1 heterocycles. The summed E-state index contributed by atoms with van der Waals surface area (Å²) in [5, 5.41) is 2.51. The van der Waals surface area contributed by atoms with E-state index in [1.165, 1.54) is 55.3 Å². The summed E-state index contributed by atoms with van der Waals surface area (Å²) in [7, 11) is 0.